The minimum atomic E-state index is -0.279. The molecule has 0 saturated carbocycles. The molecule has 0 bridgehead atoms. The van der Waals surface area contributed by atoms with E-state index in [1.807, 2.05) is 32.0 Å². The summed E-state index contributed by atoms with van der Waals surface area (Å²) in [4.78, 5) is 11.6. The zero-order chi connectivity index (χ0) is 16.0. The zero-order valence-corrected chi connectivity index (χ0v) is 14.8. The standard InChI is InChI=1S/C16H23BrN2O2/c1-11(2)9-18-19-15(20)10-21-14-7-6-12(8-13(14)17)16(3,4)5/h6-9,11H,10H2,1-5H3,(H,19,20). The van der Waals surface area contributed by atoms with Crippen molar-refractivity contribution in [3.8, 4) is 5.75 Å². The van der Waals surface area contributed by atoms with Crippen LogP contribution in [0.25, 0.3) is 0 Å². The topological polar surface area (TPSA) is 50.7 Å². The molecule has 116 valence electrons. The maximum Gasteiger partial charge on any atom is 0.277 e. The molecule has 0 atom stereocenters. The largest absolute Gasteiger partial charge is 0.483 e. The summed E-state index contributed by atoms with van der Waals surface area (Å²) < 4.78 is 6.33. The number of carbonyl (C=O) groups excluding carboxylic acids is 1. The first-order chi connectivity index (χ1) is 9.70. The Hall–Kier alpha value is -1.36. The molecule has 1 N–H and O–H groups in total. The van der Waals surface area contributed by atoms with Gasteiger partial charge in [0.1, 0.15) is 5.75 Å². The molecule has 0 fully saturated rings. The van der Waals surface area contributed by atoms with Crippen molar-refractivity contribution in [2.45, 2.75) is 40.0 Å². The van der Waals surface area contributed by atoms with Gasteiger partial charge in [0.15, 0.2) is 6.61 Å². The molecule has 0 aliphatic carbocycles. The number of nitrogens with zero attached hydrogens (tertiary/aromatic N) is 1. The monoisotopic (exact) mass is 354 g/mol. The van der Waals surface area contributed by atoms with Gasteiger partial charge in [-0.05, 0) is 45.0 Å². The molecule has 0 heterocycles. The molecule has 1 aromatic rings. The van der Waals surface area contributed by atoms with E-state index in [2.05, 4.69) is 47.2 Å². The molecule has 0 aromatic heterocycles. The van der Waals surface area contributed by atoms with Gasteiger partial charge in [-0.1, -0.05) is 40.7 Å². The summed E-state index contributed by atoms with van der Waals surface area (Å²) in [6.07, 6.45) is 1.67. The summed E-state index contributed by atoms with van der Waals surface area (Å²) in [7, 11) is 0. The van der Waals surface area contributed by atoms with Gasteiger partial charge in [-0.15, -0.1) is 0 Å². The number of hydrogen-bond donors (Lipinski definition) is 1. The summed E-state index contributed by atoms with van der Waals surface area (Å²) in [6.45, 7) is 10.4. The van der Waals surface area contributed by atoms with Crippen molar-refractivity contribution in [1.29, 1.82) is 0 Å². The van der Waals surface area contributed by atoms with Crippen LogP contribution in [-0.2, 0) is 10.2 Å². The normalized spacial score (nSPS) is 12.0. The number of rotatable bonds is 5. The molecule has 0 aliphatic heterocycles. The Morgan fingerprint density at radius 3 is 2.62 bits per heavy atom. The Balaban J connectivity index is 2.58. The van der Waals surface area contributed by atoms with E-state index in [4.69, 9.17) is 4.74 Å². The van der Waals surface area contributed by atoms with E-state index >= 15 is 0 Å². The van der Waals surface area contributed by atoms with Crippen LogP contribution in [0.1, 0.15) is 40.2 Å². The highest BCUT2D eigenvalue weighted by atomic mass is 79.9. The van der Waals surface area contributed by atoms with E-state index in [1.54, 1.807) is 6.21 Å². The lowest BCUT2D eigenvalue weighted by Gasteiger charge is -2.20. The Labute approximate surface area is 135 Å². The van der Waals surface area contributed by atoms with Gasteiger partial charge in [-0.2, -0.15) is 5.10 Å². The molecule has 1 rings (SSSR count). The van der Waals surface area contributed by atoms with Crippen molar-refractivity contribution in [3.05, 3.63) is 28.2 Å². The van der Waals surface area contributed by atoms with Crippen molar-refractivity contribution >= 4 is 28.1 Å². The third-order valence-corrected chi connectivity index (χ3v) is 3.34. The van der Waals surface area contributed by atoms with Crippen LogP contribution in [0.5, 0.6) is 5.75 Å². The van der Waals surface area contributed by atoms with Crippen LogP contribution < -0.4 is 10.2 Å². The average molecular weight is 355 g/mol. The van der Waals surface area contributed by atoms with Crippen molar-refractivity contribution in [1.82, 2.24) is 5.43 Å². The molecule has 5 heteroatoms. The molecule has 21 heavy (non-hydrogen) atoms. The maximum atomic E-state index is 11.6. The van der Waals surface area contributed by atoms with Gasteiger partial charge in [0.2, 0.25) is 0 Å². The van der Waals surface area contributed by atoms with Crippen LogP contribution in [0.4, 0.5) is 0 Å². The van der Waals surface area contributed by atoms with Crippen LogP contribution in [-0.4, -0.2) is 18.7 Å². The zero-order valence-electron chi connectivity index (χ0n) is 13.2. The van der Waals surface area contributed by atoms with Crippen molar-refractivity contribution in [2.75, 3.05) is 6.61 Å². The van der Waals surface area contributed by atoms with E-state index in [9.17, 15) is 4.79 Å². The number of benzene rings is 1. The molecule has 0 saturated heterocycles. The second kappa shape index (κ2) is 7.59. The van der Waals surface area contributed by atoms with Gasteiger partial charge < -0.3 is 4.74 Å². The highest BCUT2D eigenvalue weighted by molar-refractivity contribution is 9.10. The first-order valence-corrected chi connectivity index (χ1v) is 7.74. The predicted molar refractivity (Wildman–Crippen MR) is 89.8 cm³/mol. The lowest BCUT2D eigenvalue weighted by atomic mass is 9.87. The summed E-state index contributed by atoms with van der Waals surface area (Å²) in [5.41, 5.74) is 3.70. The van der Waals surface area contributed by atoms with Gasteiger partial charge in [0.25, 0.3) is 5.91 Å². The molecular weight excluding hydrogens is 332 g/mol. The highest BCUT2D eigenvalue weighted by Crippen LogP contribution is 2.31. The molecular formula is C16H23BrN2O2. The van der Waals surface area contributed by atoms with Crippen molar-refractivity contribution < 1.29 is 9.53 Å². The van der Waals surface area contributed by atoms with Gasteiger partial charge in [0.05, 0.1) is 4.47 Å². The fourth-order valence-electron chi connectivity index (χ4n) is 1.52. The van der Waals surface area contributed by atoms with E-state index < -0.39 is 0 Å². The average Bonchev–Trinajstić information content (AvgIpc) is 2.35. The van der Waals surface area contributed by atoms with Crippen molar-refractivity contribution in [3.63, 3.8) is 0 Å². The third-order valence-electron chi connectivity index (χ3n) is 2.72. The van der Waals surface area contributed by atoms with Gasteiger partial charge in [0, 0.05) is 6.21 Å². The third kappa shape index (κ3) is 6.29. The van der Waals surface area contributed by atoms with E-state index in [1.165, 1.54) is 5.56 Å². The number of ether oxygens (including phenoxy) is 1. The SMILES string of the molecule is CC(C)C=NNC(=O)COc1ccc(C(C)(C)C)cc1Br. The summed E-state index contributed by atoms with van der Waals surface area (Å²) in [5, 5.41) is 3.84. The van der Waals surface area contributed by atoms with Crippen LogP contribution in [0, 0.1) is 5.92 Å². The van der Waals surface area contributed by atoms with Crippen LogP contribution in [0.15, 0.2) is 27.8 Å². The fourth-order valence-corrected chi connectivity index (χ4v) is 2.01. The van der Waals surface area contributed by atoms with E-state index in [0.29, 0.717) is 11.7 Å². The predicted octanol–water partition coefficient (Wildman–Crippen LogP) is 3.88. The molecule has 1 aromatic carbocycles. The smallest absolute Gasteiger partial charge is 0.277 e. The second-order valence-electron chi connectivity index (χ2n) is 6.24. The van der Waals surface area contributed by atoms with E-state index in [0.717, 1.165) is 4.47 Å². The first kappa shape index (κ1) is 17.7. The quantitative estimate of drug-likeness (QED) is 0.644. The molecule has 0 aliphatic rings. The van der Waals surface area contributed by atoms with Gasteiger partial charge in [-0.3, -0.25) is 4.79 Å². The molecule has 0 unspecified atom stereocenters. The number of hydrazone groups is 1. The minimum absolute atomic E-state index is 0.0666. The fraction of sp³-hybridized carbons (Fsp3) is 0.500. The number of carbonyl (C=O) groups is 1. The second-order valence-corrected chi connectivity index (χ2v) is 7.10. The van der Waals surface area contributed by atoms with Crippen molar-refractivity contribution in [2.24, 2.45) is 11.0 Å². The Bertz CT molecular complexity index is 519. The molecule has 0 radical (unpaired) electrons. The number of amides is 1. The highest BCUT2D eigenvalue weighted by Gasteiger charge is 2.15. The van der Waals surface area contributed by atoms with Gasteiger partial charge >= 0.3 is 0 Å². The minimum Gasteiger partial charge on any atom is -0.483 e. The lowest BCUT2D eigenvalue weighted by Crippen LogP contribution is -2.25. The van der Waals surface area contributed by atoms with Crippen LogP contribution >= 0.6 is 15.9 Å². The van der Waals surface area contributed by atoms with Crippen LogP contribution in [0.2, 0.25) is 0 Å². The van der Waals surface area contributed by atoms with Crippen LogP contribution in [0.3, 0.4) is 0 Å². The lowest BCUT2D eigenvalue weighted by molar-refractivity contribution is -0.123. The Morgan fingerprint density at radius 2 is 2.10 bits per heavy atom. The summed E-state index contributed by atoms with van der Waals surface area (Å²) in [6, 6.07) is 5.90. The maximum absolute atomic E-state index is 11.6. The molecule has 4 nitrogen and oxygen atoms in total. The summed E-state index contributed by atoms with van der Waals surface area (Å²) >= 11 is 3.48. The molecule has 1 amide bonds. The summed E-state index contributed by atoms with van der Waals surface area (Å²) in [5.74, 6) is 0.662. The van der Waals surface area contributed by atoms with E-state index in [-0.39, 0.29) is 17.9 Å². The first-order valence-electron chi connectivity index (χ1n) is 6.95. The number of hydrogen-bond acceptors (Lipinski definition) is 3. The Kier molecular flexibility index (Phi) is 6.40. The number of halogens is 1. The van der Waals surface area contributed by atoms with Gasteiger partial charge in [-0.25, -0.2) is 5.43 Å². The Morgan fingerprint density at radius 1 is 1.43 bits per heavy atom. The number of nitrogens with one attached hydrogen (secondary N) is 1. The molecule has 0 spiro atoms.